The van der Waals surface area contributed by atoms with Crippen molar-refractivity contribution in [3.63, 3.8) is 0 Å². The summed E-state index contributed by atoms with van der Waals surface area (Å²) in [6.45, 7) is 8.51. The van der Waals surface area contributed by atoms with Gasteiger partial charge in [-0.05, 0) is 45.7 Å². The number of likely N-dealkylation sites (tertiary alicyclic amines) is 1. The Hall–Kier alpha value is -1.42. The van der Waals surface area contributed by atoms with Crippen molar-refractivity contribution in [2.75, 3.05) is 39.3 Å². The van der Waals surface area contributed by atoms with Crippen molar-refractivity contribution in [1.82, 2.24) is 19.5 Å². The summed E-state index contributed by atoms with van der Waals surface area (Å²) in [5.74, 6) is -0.135. The SMILES string of the molecule is CC1CN(CCCNS(=O)(=O)c2c[nH]c(C(=O)N3CCCC3)c2)CC(C)O1. The van der Waals surface area contributed by atoms with Crippen LogP contribution in [0.15, 0.2) is 17.2 Å². The van der Waals surface area contributed by atoms with E-state index in [1.807, 2.05) is 0 Å². The maximum atomic E-state index is 12.5. The molecule has 0 bridgehead atoms. The molecular weight excluding hydrogens is 368 g/mol. The molecule has 0 spiro atoms. The number of aromatic amines is 1. The van der Waals surface area contributed by atoms with Crippen LogP contribution in [0.25, 0.3) is 0 Å². The molecule has 1 aromatic heterocycles. The van der Waals surface area contributed by atoms with Gasteiger partial charge in [-0.1, -0.05) is 0 Å². The smallest absolute Gasteiger partial charge is 0.270 e. The highest BCUT2D eigenvalue weighted by atomic mass is 32.2. The van der Waals surface area contributed by atoms with E-state index in [1.54, 1.807) is 4.90 Å². The maximum Gasteiger partial charge on any atom is 0.270 e. The van der Waals surface area contributed by atoms with E-state index in [4.69, 9.17) is 4.74 Å². The van der Waals surface area contributed by atoms with E-state index in [2.05, 4.69) is 28.5 Å². The van der Waals surface area contributed by atoms with E-state index in [1.165, 1.54) is 12.3 Å². The molecule has 0 aromatic carbocycles. The van der Waals surface area contributed by atoms with Crippen LogP contribution in [0.3, 0.4) is 0 Å². The molecule has 3 heterocycles. The molecule has 2 saturated heterocycles. The van der Waals surface area contributed by atoms with Crippen molar-refractivity contribution < 1.29 is 17.9 Å². The first-order chi connectivity index (χ1) is 12.8. The van der Waals surface area contributed by atoms with E-state index in [0.717, 1.165) is 52.0 Å². The number of rotatable bonds is 7. The zero-order valence-electron chi connectivity index (χ0n) is 16.1. The lowest BCUT2D eigenvalue weighted by atomic mass is 10.2. The molecule has 2 aliphatic rings. The number of H-pyrrole nitrogens is 1. The number of amides is 1. The van der Waals surface area contributed by atoms with Crippen molar-refractivity contribution in [2.45, 2.75) is 50.2 Å². The van der Waals surface area contributed by atoms with E-state index < -0.39 is 10.0 Å². The first kappa shape index (κ1) is 20.3. The second-order valence-corrected chi connectivity index (χ2v) is 9.28. The summed E-state index contributed by atoms with van der Waals surface area (Å²) in [6.07, 6.45) is 4.52. The third kappa shape index (κ3) is 5.31. The molecule has 0 radical (unpaired) electrons. The molecule has 0 saturated carbocycles. The van der Waals surface area contributed by atoms with Gasteiger partial charge in [-0.15, -0.1) is 0 Å². The van der Waals surface area contributed by atoms with Gasteiger partial charge in [-0.2, -0.15) is 0 Å². The molecular formula is C18H30N4O4S. The van der Waals surface area contributed by atoms with E-state index in [9.17, 15) is 13.2 Å². The predicted octanol–water partition coefficient (Wildman–Crippen LogP) is 1.03. The number of morpholine rings is 1. The molecule has 2 fully saturated rings. The van der Waals surface area contributed by atoms with Crippen LogP contribution in [0, 0.1) is 0 Å². The Balaban J connectivity index is 1.48. The minimum atomic E-state index is -3.62. The summed E-state index contributed by atoms with van der Waals surface area (Å²) in [4.78, 5) is 19.3. The standard InChI is InChI=1S/C18H30N4O4S/c1-14-12-21(13-15(2)26-14)7-5-6-20-27(24,25)16-10-17(19-11-16)18(23)22-8-3-4-9-22/h10-11,14-15,19-20H,3-9,12-13H2,1-2H3. The van der Waals surface area contributed by atoms with Crippen LogP contribution in [0.4, 0.5) is 0 Å². The van der Waals surface area contributed by atoms with Crippen LogP contribution in [-0.4, -0.2) is 80.6 Å². The Labute approximate surface area is 161 Å². The lowest BCUT2D eigenvalue weighted by Crippen LogP contribution is -2.46. The molecule has 1 aromatic rings. The molecule has 1 amide bonds. The highest BCUT2D eigenvalue weighted by Gasteiger charge is 2.24. The molecule has 2 atom stereocenters. The van der Waals surface area contributed by atoms with Gasteiger partial charge in [0.25, 0.3) is 5.91 Å². The average molecular weight is 399 g/mol. The maximum absolute atomic E-state index is 12.5. The zero-order valence-corrected chi connectivity index (χ0v) is 16.9. The summed E-state index contributed by atoms with van der Waals surface area (Å²) < 4.78 is 33.2. The van der Waals surface area contributed by atoms with Crippen molar-refractivity contribution >= 4 is 15.9 Å². The second kappa shape index (κ2) is 8.72. The van der Waals surface area contributed by atoms with E-state index in [-0.39, 0.29) is 23.0 Å². The lowest BCUT2D eigenvalue weighted by molar-refractivity contribution is -0.0679. The summed E-state index contributed by atoms with van der Waals surface area (Å²) in [5, 5.41) is 0. The molecule has 2 aliphatic heterocycles. The van der Waals surface area contributed by atoms with Gasteiger partial charge in [0.1, 0.15) is 10.6 Å². The predicted molar refractivity (Wildman–Crippen MR) is 102 cm³/mol. The topological polar surface area (TPSA) is 94.7 Å². The summed E-state index contributed by atoms with van der Waals surface area (Å²) in [6, 6.07) is 1.42. The number of hydrogen-bond acceptors (Lipinski definition) is 5. The van der Waals surface area contributed by atoms with Crippen molar-refractivity contribution in [1.29, 1.82) is 0 Å². The normalized spacial score (nSPS) is 24.4. The number of sulfonamides is 1. The number of hydrogen-bond donors (Lipinski definition) is 2. The van der Waals surface area contributed by atoms with Gasteiger partial charge in [0.2, 0.25) is 10.0 Å². The van der Waals surface area contributed by atoms with Crippen molar-refractivity contribution in [3.05, 3.63) is 18.0 Å². The molecule has 152 valence electrons. The molecule has 3 rings (SSSR count). The van der Waals surface area contributed by atoms with Crippen LogP contribution in [0.1, 0.15) is 43.6 Å². The third-order valence-corrected chi connectivity index (χ3v) is 6.47. The van der Waals surface area contributed by atoms with Crippen molar-refractivity contribution in [3.8, 4) is 0 Å². The average Bonchev–Trinajstić information content (AvgIpc) is 3.29. The molecule has 2 N–H and O–H groups in total. The minimum Gasteiger partial charge on any atom is -0.373 e. The number of nitrogens with one attached hydrogen (secondary N) is 2. The van der Waals surface area contributed by atoms with Crippen LogP contribution >= 0.6 is 0 Å². The van der Waals surface area contributed by atoms with Crippen LogP contribution < -0.4 is 4.72 Å². The highest BCUT2D eigenvalue weighted by Crippen LogP contribution is 2.16. The number of aromatic nitrogens is 1. The summed E-state index contributed by atoms with van der Waals surface area (Å²) >= 11 is 0. The Bertz CT molecular complexity index is 732. The van der Waals surface area contributed by atoms with Gasteiger partial charge < -0.3 is 14.6 Å². The second-order valence-electron chi connectivity index (χ2n) is 7.52. The highest BCUT2D eigenvalue weighted by molar-refractivity contribution is 7.89. The fourth-order valence-corrected chi connectivity index (χ4v) is 4.87. The Morgan fingerprint density at radius 1 is 1.26 bits per heavy atom. The number of carbonyl (C=O) groups is 1. The molecule has 2 unspecified atom stereocenters. The quantitative estimate of drug-likeness (QED) is 0.669. The summed E-state index contributed by atoms with van der Waals surface area (Å²) in [7, 11) is -3.62. The molecule has 27 heavy (non-hydrogen) atoms. The van der Waals surface area contributed by atoms with Crippen LogP contribution in [0.2, 0.25) is 0 Å². The van der Waals surface area contributed by atoms with Gasteiger partial charge in [0, 0.05) is 38.9 Å². The van der Waals surface area contributed by atoms with Crippen molar-refractivity contribution in [2.24, 2.45) is 0 Å². The van der Waals surface area contributed by atoms with Gasteiger partial charge in [0.15, 0.2) is 0 Å². The summed E-state index contributed by atoms with van der Waals surface area (Å²) in [5.41, 5.74) is 0.327. The molecule has 9 heteroatoms. The van der Waals surface area contributed by atoms with E-state index >= 15 is 0 Å². The van der Waals surface area contributed by atoms with Gasteiger partial charge in [0.05, 0.1) is 12.2 Å². The zero-order chi connectivity index (χ0) is 19.4. The fraction of sp³-hybridized carbons (Fsp3) is 0.722. The minimum absolute atomic E-state index is 0.110. The monoisotopic (exact) mass is 398 g/mol. The van der Waals surface area contributed by atoms with E-state index in [0.29, 0.717) is 12.2 Å². The Morgan fingerprint density at radius 2 is 1.93 bits per heavy atom. The third-order valence-electron chi connectivity index (χ3n) is 5.03. The first-order valence-electron chi connectivity index (χ1n) is 9.70. The molecule has 8 nitrogen and oxygen atoms in total. The Kier molecular flexibility index (Phi) is 6.56. The lowest BCUT2D eigenvalue weighted by Gasteiger charge is -2.35. The fourth-order valence-electron chi connectivity index (χ4n) is 3.80. The van der Waals surface area contributed by atoms with Gasteiger partial charge in [-0.3, -0.25) is 9.69 Å². The first-order valence-corrected chi connectivity index (χ1v) is 11.2. The van der Waals surface area contributed by atoms with Gasteiger partial charge >= 0.3 is 0 Å². The largest absolute Gasteiger partial charge is 0.373 e. The Morgan fingerprint density at radius 3 is 2.59 bits per heavy atom. The number of nitrogens with zero attached hydrogens (tertiary/aromatic N) is 2. The molecule has 0 aliphatic carbocycles. The van der Waals surface area contributed by atoms with Crippen LogP contribution in [-0.2, 0) is 14.8 Å². The van der Waals surface area contributed by atoms with Gasteiger partial charge in [-0.25, -0.2) is 13.1 Å². The number of ether oxygens (including phenoxy) is 1. The number of carbonyl (C=O) groups excluding carboxylic acids is 1. The van der Waals surface area contributed by atoms with Crippen LogP contribution in [0.5, 0.6) is 0 Å².